The smallest absolute Gasteiger partial charge is 0.338 e. The van der Waals surface area contributed by atoms with Gasteiger partial charge in [0.25, 0.3) is 0 Å². The first-order chi connectivity index (χ1) is 22.5. The van der Waals surface area contributed by atoms with Gasteiger partial charge in [-0.05, 0) is 91.3 Å². The Balaban J connectivity index is 1.24. The Morgan fingerprint density at radius 1 is 0.979 bits per heavy atom. The van der Waals surface area contributed by atoms with Crippen LogP contribution in [-0.4, -0.2) is 48.7 Å². The Kier molecular flexibility index (Phi) is 8.89. The Bertz CT molecular complexity index is 1710. The molecule has 48 heavy (non-hydrogen) atoms. The molecule has 1 heterocycles. The number of benzene rings is 2. The summed E-state index contributed by atoms with van der Waals surface area (Å²) in [6.45, 7) is 11.0. The van der Waals surface area contributed by atoms with E-state index in [-0.39, 0.29) is 56.8 Å². The minimum Gasteiger partial charge on any atom is -0.744 e. The van der Waals surface area contributed by atoms with Crippen molar-refractivity contribution in [3.8, 4) is 11.5 Å². The van der Waals surface area contributed by atoms with Gasteiger partial charge < -0.3 is 23.5 Å². The number of hydrogen-bond acceptors (Lipinski definition) is 10. The molecule has 260 valence electrons. The number of ether oxygens (including phenoxy) is 4. The predicted molar refractivity (Wildman–Crippen MR) is 169 cm³/mol. The van der Waals surface area contributed by atoms with E-state index >= 15 is 0 Å². The molecule has 3 saturated carbocycles. The highest BCUT2D eigenvalue weighted by atomic mass is 32.2. The van der Waals surface area contributed by atoms with Crippen LogP contribution in [0, 0.1) is 35.4 Å². The summed E-state index contributed by atoms with van der Waals surface area (Å²) in [6, 6.07) is 6.58. The van der Waals surface area contributed by atoms with E-state index < -0.39 is 69.4 Å². The lowest BCUT2D eigenvalue weighted by atomic mass is 9.78. The van der Waals surface area contributed by atoms with E-state index in [1.165, 1.54) is 30.3 Å². The van der Waals surface area contributed by atoms with E-state index in [1.807, 2.05) is 13.8 Å². The second-order valence-electron chi connectivity index (χ2n) is 14.7. The molecule has 0 N–H and O–H groups in total. The van der Waals surface area contributed by atoms with Crippen LogP contribution < -0.4 is 9.47 Å². The topological polar surface area (TPSA) is 145 Å². The van der Waals surface area contributed by atoms with Gasteiger partial charge in [0.05, 0.1) is 22.3 Å². The van der Waals surface area contributed by atoms with E-state index in [0.717, 1.165) is 25.7 Å². The van der Waals surface area contributed by atoms with Crippen molar-refractivity contribution in [2.45, 2.75) is 108 Å². The third-order valence-corrected chi connectivity index (χ3v) is 11.8. The fraction of sp³-hybridized carbons (Fsp3) is 0.583. The van der Waals surface area contributed by atoms with Crippen molar-refractivity contribution in [1.29, 1.82) is 0 Å². The van der Waals surface area contributed by atoms with Crippen molar-refractivity contribution in [3.63, 3.8) is 0 Å². The van der Waals surface area contributed by atoms with E-state index in [9.17, 15) is 31.7 Å². The molecule has 6 unspecified atom stereocenters. The van der Waals surface area contributed by atoms with Gasteiger partial charge in [0.2, 0.25) is 0 Å². The summed E-state index contributed by atoms with van der Waals surface area (Å²) in [4.78, 5) is 40.0. The Hall–Kier alpha value is -3.51. The largest absolute Gasteiger partial charge is 0.744 e. The van der Waals surface area contributed by atoms with Gasteiger partial charge in [-0.1, -0.05) is 41.5 Å². The first kappa shape index (κ1) is 34.4. The summed E-state index contributed by atoms with van der Waals surface area (Å²) < 4.78 is 75.2. The van der Waals surface area contributed by atoms with E-state index in [0.29, 0.717) is 6.42 Å². The average molecular weight is 686 g/mol. The quantitative estimate of drug-likeness (QED) is 0.160. The fourth-order valence-electron chi connectivity index (χ4n) is 8.39. The van der Waals surface area contributed by atoms with Crippen LogP contribution in [0.25, 0.3) is 0 Å². The molecule has 10 nitrogen and oxygen atoms in total. The molecule has 6 rings (SSSR count). The van der Waals surface area contributed by atoms with Gasteiger partial charge in [-0.25, -0.2) is 17.6 Å². The Morgan fingerprint density at radius 2 is 1.60 bits per heavy atom. The van der Waals surface area contributed by atoms with Crippen molar-refractivity contribution >= 4 is 28.0 Å². The normalized spacial score (nSPS) is 27.2. The predicted octanol–water partition coefficient (Wildman–Crippen LogP) is 6.26. The zero-order chi connectivity index (χ0) is 34.9. The van der Waals surface area contributed by atoms with Gasteiger partial charge in [0.1, 0.15) is 33.7 Å². The molecule has 4 aliphatic rings. The second-order valence-corrected chi connectivity index (χ2v) is 16.0. The number of esters is 3. The molecule has 0 radical (unpaired) electrons. The maximum Gasteiger partial charge on any atom is 0.338 e. The zero-order valence-corrected chi connectivity index (χ0v) is 28.8. The van der Waals surface area contributed by atoms with Crippen LogP contribution in [0.3, 0.4) is 0 Å². The number of carbonyl (C=O) groups is 3. The summed E-state index contributed by atoms with van der Waals surface area (Å²) in [5.41, 5.74) is 0.00854. The third-order valence-electron chi connectivity index (χ3n) is 10.9. The van der Waals surface area contributed by atoms with Crippen LogP contribution in [0.1, 0.15) is 107 Å². The molecular formula is C36H42FO10S-. The number of rotatable bonds is 10. The van der Waals surface area contributed by atoms with Crippen molar-refractivity contribution in [3.05, 3.63) is 52.8 Å². The molecule has 1 saturated heterocycles. The molecule has 0 aromatic heterocycles. The molecule has 2 aromatic rings. The van der Waals surface area contributed by atoms with Crippen LogP contribution in [0.15, 0.2) is 35.2 Å². The molecule has 2 bridgehead atoms. The number of halogens is 1. The second kappa shape index (κ2) is 12.4. The van der Waals surface area contributed by atoms with Gasteiger partial charge in [-0.3, -0.25) is 9.59 Å². The van der Waals surface area contributed by atoms with Gasteiger partial charge in [0, 0.05) is 11.8 Å². The van der Waals surface area contributed by atoms with Gasteiger partial charge in [-0.2, -0.15) is 0 Å². The molecular weight excluding hydrogens is 643 g/mol. The van der Waals surface area contributed by atoms with Crippen molar-refractivity contribution in [2.24, 2.45) is 29.6 Å². The molecule has 1 aliphatic heterocycles. The lowest BCUT2D eigenvalue weighted by molar-refractivity contribution is -0.149. The average Bonchev–Trinajstić information content (AvgIpc) is 3.76. The van der Waals surface area contributed by atoms with Crippen molar-refractivity contribution in [2.75, 3.05) is 0 Å². The molecule has 0 spiro atoms. The first-order valence-electron chi connectivity index (χ1n) is 16.8. The third kappa shape index (κ3) is 5.88. The van der Waals surface area contributed by atoms with Crippen LogP contribution in [0.2, 0.25) is 0 Å². The minimum atomic E-state index is -4.83. The molecule has 6 atom stereocenters. The summed E-state index contributed by atoms with van der Waals surface area (Å²) in [5, 5.41) is 0. The maximum absolute atomic E-state index is 14.9. The van der Waals surface area contributed by atoms with Gasteiger partial charge in [-0.15, -0.1) is 0 Å². The molecule has 2 aromatic carbocycles. The zero-order valence-electron chi connectivity index (χ0n) is 28.0. The molecule has 0 amide bonds. The summed E-state index contributed by atoms with van der Waals surface area (Å²) in [6.07, 6.45) is 2.27. The van der Waals surface area contributed by atoms with Crippen LogP contribution in [0.5, 0.6) is 11.5 Å². The SMILES string of the molecule is CC(C)c1cc(OC(=O)C2C3CC4C(OC(=O)C42)C3OC(=O)c2ccc(F)c(OC3(C(C)C)CCCC3)c2)cc(C(C)C)c1S(=O)(=O)[O-]. The number of fused-ring (bicyclic) bond motifs is 1. The van der Waals surface area contributed by atoms with Crippen molar-refractivity contribution in [1.82, 2.24) is 0 Å². The highest BCUT2D eigenvalue weighted by molar-refractivity contribution is 7.85. The van der Waals surface area contributed by atoms with E-state index in [2.05, 4.69) is 0 Å². The monoisotopic (exact) mass is 685 g/mol. The highest BCUT2D eigenvalue weighted by Crippen LogP contribution is 2.59. The fourth-order valence-corrected chi connectivity index (χ4v) is 9.56. The number of hydrogen-bond donors (Lipinski definition) is 0. The first-order valence-corrected chi connectivity index (χ1v) is 18.2. The minimum absolute atomic E-state index is 0.0286. The molecule has 4 fully saturated rings. The van der Waals surface area contributed by atoms with Crippen molar-refractivity contribution < 1.29 is 50.7 Å². The molecule has 12 heteroatoms. The van der Waals surface area contributed by atoms with Crippen LogP contribution >= 0.6 is 0 Å². The van der Waals surface area contributed by atoms with Crippen LogP contribution in [0.4, 0.5) is 4.39 Å². The maximum atomic E-state index is 14.9. The summed E-state index contributed by atoms with van der Waals surface area (Å²) >= 11 is 0. The van der Waals surface area contributed by atoms with E-state index in [4.69, 9.17) is 18.9 Å². The lowest BCUT2D eigenvalue weighted by Crippen LogP contribution is -2.44. The Labute approximate surface area is 280 Å². The van der Waals surface area contributed by atoms with Gasteiger partial charge >= 0.3 is 17.9 Å². The standard InChI is InChI=1S/C36H43FO10S/c1-17(2)22-14-21(15-23(18(3)4)32(22)48(41,42)43)44-34(39)28-24-16-25-29(28)35(40)46-31(25)30(24)45-33(38)20-9-10-26(37)27(13-20)47-36(19(5)6)11-7-8-12-36/h9-10,13-15,17-19,24-25,28-31H,7-8,11-12,16H2,1-6H3,(H,41,42,43)/p-1. The van der Waals surface area contributed by atoms with Crippen LogP contribution in [-0.2, 0) is 29.2 Å². The van der Waals surface area contributed by atoms with Gasteiger partial charge in [0.15, 0.2) is 11.6 Å². The summed E-state index contributed by atoms with van der Waals surface area (Å²) in [7, 11) is -4.83. The highest BCUT2D eigenvalue weighted by Gasteiger charge is 2.70. The number of carbonyl (C=O) groups excluding carboxylic acids is 3. The lowest BCUT2D eigenvalue weighted by Gasteiger charge is -2.34. The van der Waals surface area contributed by atoms with E-state index in [1.54, 1.807) is 27.7 Å². The summed E-state index contributed by atoms with van der Waals surface area (Å²) in [5.74, 6) is -5.93. The Morgan fingerprint density at radius 3 is 2.17 bits per heavy atom. The molecule has 3 aliphatic carbocycles.